The van der Waals surface area contributed by atoms with E-state index in [4.69, 9.17) is 0 Å². The highest BCUT2D eigenvalue weighted by Gasteiger charge is 2.17. The van der Waals surface area contributed by atoms with Gasteiger partial charge in [-0.3, -0.25) is 4.79 Å². The monoisotopic (exact) mass is 507 g/mol. The molecule has 1 amide bonds. The summed E-state index contributed by atoms with van der Waals surface area (Å²) in [5.41, 5.74) is 0. The predicted molar refractivity (Wildman–Crippen MR) is 156 cm³/mol. The van der Waals surface area contributed by atoms with Crippen LogP contribution in [0.4, 0.5) is 0 Å². The molecule has 2 atom stereocenters. The Morgan fingerprint density at radius 2 is 1.06 bits per heavy atom. The molecule has 0 saturated heterocycles. The van der Waals surface area contributed by atoms with Crippen molar-refractivity contribution < 1.29 is 15.0 Å². The van der Waals surface area contributed by atoms with E-state index in [0.717, 1.165) is 32.1 Å². The van der Waals surface area contributed by atoms with Gasteiger partial charge < -0.3 is 15.5 Å². The molecule has 3 N–H and O–H groups in total. The van der Waals surface area contributed by atoms with E-state index in [9.17, 15) is 15.0 Å². The Balaban J connectivity index is 3.67. The van der Waals surface area contributed by atoms with Gasteiger partial charge in [0, 0.05) is 6.42 Å². The highest BCUT2D eigenvalue weighted by molar-refractivity contribution is 5.76. The fourth-order valence-corrected chi connectivity index (χ4v) is 4.46. The van der Waals surface area contributed by atoms with E-state index in [0.29, 0.717) is 6.42 Å². The summed E-state index contributed by atoms with van der Waals surface area (Å²) in [5.74, 6) is -0.0776. The molecule has 0 rings (SSSR count). The molecule has 0 spiro atoms. The maximum absolute atomic E-state index is 12.2. The number of unbranched alkanes of at least 4 members (excludes halogenated alkanes) is 18. The normalized spacial score (nSPS) is 13.6. The van der Waals surface area contributed by atoms with Crippen LogP contribution in [-0.2, 0) is 4.79 Å². The second-order valence-electron chi connectivity index (χ2n) is 10.5. The summed E-state index contributed by atoms with van der Waals surface area (Å²) in [5, 5.41) is 22.7. The van der Waals surface area contributed by atoms with Gasteiger partial charge in [-0.15, -0.1) is 0 Å². The van der Waals surface area contributed by atoms with E-state index in [1.54, 1.807) is 6.08 Å². The van der Waals surface area contributed by atoms with Gasteiger partial charge in [-0.1, -0.05) is 128 Å². The van der Waals surface area contributed by atoms with Crippen LogP contribution in [0.15, 0.2) is 24.3 Å². The minimum absolute atomic E-state index is 0.0776. The van der Waals surface area contributed by atoms with Crippen molar-refractivity contribution in [1.82, 2.24) is 5.32 Å². The number of allylic oxidation sites excluding steroid dienone is 3. The summed E-state index contributed by atoms with van der Waals surface area (Å²) in [6.45, 7) is 4.25. The molecule has 0 aliphatic heterocycles. The number of hydrogen-bond donors (Lipinski definition) is 3. The zero-order valence-electron chi connectivity index (χ0n) is 24.0. The number of aliphatic hydroxyl groups is 2. The molecule has 0 fully saturated rings. The third kappa shape index (κ3) is 24.6. The SMILES string of the molecule is CCCCCCCC/C=C\CCCCCCCC(=O)N[C@@H](CO)[C@H](O)/C=C/CCCCCCCCC. The number of hydrogen-bond acceptors (Lipinski definition) is 3. The zero-order chi connectivity index (χ0) is 26.5. The second-order valence-corrected chi connectivity index (χ2v) is 10.5. The molecule has 0 aromatic carbocycles. The van der Waals surface area contributed by atoms with Gasteiger partial charge in [-0.2, -0.15) is 0 Å². The van der Waals surface area contributed by atoms with Gasteiger partial charge in [-0.25, -0.2) is 0 Å². The van der Waals surface area contributed by atoms with Crippen LogP contribution in [0.2, 0.25) is 0 Å². The largest absolute Gasteiger partial charge is 0.394 e. The maximum atomic E-state index is 12.2. The first-order valence-electron chi connectivity index (χ1n) is 15.6. The van der Waals surface area contributed by atoms with Crippen molar-refractivity contribution in [2.45, 2.75) is 167 Å². The molecule has 0 heterocycles. The molecule has 36 heavy (non-hydrogen) atoms. The molecular formula is C32H61NO3. The van der Waals surface area contributed by atoms with E-state index in [1.165, 1.54) is 103 Å². The highest BCUT2D eigenvalue weighted by atomic mass is 16.3. The van der Waals surface area contributed by atoms with Crippen LogP contribution in [-0.4, -0.2) is 34.9 Å². The molecule has 0 saturated carbocycles. The second kappa shape index (κ2) is 28.4. The van der Waals surface area contributed by atoms with Crippen LogP contribution < -0.4 is 5.32 Å². The van der Waals surface area contributed by atoms with Crippen molar-refractivity contribution in [1.29, 1.82) is 0 Å². The molecular weight excluding hydrogens is 446 g/mol. The fourth-order valence-electron chi connectivity index (χ4n) is 4.46. The first kappa shape index (κ1) is 34.9. The van der Waals surface area contributed by atoms with E-state index in [-0.39, 0.29) is 12.5 Å². The maximum Gasteiger partial charge on any atom is 0.220 e. The Morgan fingerprint density at radius 1 is 0.639 bits per heavy atom. The van der Waals surface area contributed by atoms with Gasteiger partial charge in [0.15, 0.2) is 0 Å². The predicted octanol–water partition coefficient (Wildman–Crippen LogP) is 8.56. The van der Waals surface area contributed by atoms with Crippen molar-refractivity contribution in [2.24, 2.45) is 0 Å². The Morgan fingerprint density at radius 3 is 1.53 bits per heavy atom. The Bertz CT molecular complexity index is 518. The van der Waals surface area contributed by atoms with E-state index >= 15 is 0 Å². The lowest BCUT2D eigenvalue weighted by Crippen LogP contribution is -2.45. The molecule has 0 radical (unpaired) electrons. The molecule has 0 aliphatic rings. The summed E-state index contributed by atoms with van der Waals surface area (Å²) >= 11 is 0. The molecule has 0 bridgehead atoms. The van der Waals surface area contributed by atoms with Crippen molar-refractivity contribution in [2.75, 3.05) is 6.61 Å². The summed E-state index contributed by atoms with van der Waals surface area (Å²) in [4.78, 5) is 12.2. The number of nitrogens with one attached hydrogen (secondary N) is 1. The van der Waals surface area contributed by atoms with Gasteiger partial charge in [0.05, 0.1) is 18.8 Å². The number of amides is 1. The summed E-state index contributed by atoms with van der Waals surface area (Å²) in [6.07, 6.45) is 33.9. The topological polar surface area (TPSA) is 69.6 Å². The van der Waals surface area contributed by atoms with Crippen LogP contribution in [0.1, 0.15) is 155 Å². The van der Waals surface area contributed by atoms with Crippen molar-refractivity contribution in [3.8, 4) is 0 Å². The van der Waals surface area contributed by atoms with Crippen LogP contribution in [0.25, 0.3) is 0 Å². The average molecular weight is 508 g/mol. The molecule has 0 aliphatic carbocycles. The first-order valence-corrected chi connectivity index (χ1v) is 15.6. The van der Waals surface area contributed by atoms with Crippen molar-refractivity contribution in [3.05, 3.63) is 24.3 Å². The highest BCUT2D eigenvalue weighted by Crippen LogP contribution is 2.11. The summed E-state index contributed by atoms with van der Waals surface area (Å²) < 4.78 is 0. The van der Waals surface area contributed by atoms with Gasteiger partial charge in [0.25, 0.3) is 0 Å². The number of carbonyl (C=O) groups is 1. The number of carbonyl (C=O) groups excluding carboxylic acids is 1. The molecule has 4 heteroatoms. The van der Waals surface area contributed by atoms with Gasteiger partial charge in [0.1, 0.15) is 0 Å². The van der Waals surface area contributed by atoms with E-state index < -0.39 is 12.1 Å². The van der Waals surface area contributed by atoms with E-state index in [2.05, 4.69) is 31.3 Å². The van der Waals surface area contributed by atoms with Gasteiger partial charge in [-0.05, 0) is 44.9 Å². The first-order chi connectivity index (χ1) is 17.7. The standard InChI is InChI=1S/C32H61NO3/c1-3-5-7-9-11-13-14-15-16-17-18-20-22-24-26-28-32(36)33-30(29-34)31(35)27-25-23-21-19-12-10-8-6-4-2/h15-16,25,27,30-31,34-35H,3-14,17-24,26,28-29H2,1-2H3,(H,33,36)/b16-15-,27-25+/t30-,31+/m0/s1. The molecule has 0 unspecified atom stereocenters. The lowest BCUT2D eigenvalue weighted by atomic mass is 10.1. The number of aliphatic hydroxyl groups excluding tert-OH is 2. The van der Waals surface area contributed by atoms with E-state index in [1.807, 2.05) is 6.08 Å². The van der Waals surface area contributed by atoms with Crippen LogP contribution >= 0.6 is 0 Å². The average Bonchev–Trinajstić information content (AvgIpc) is 2.88. The smallest absolute Gasteiger partial charge is 0.220 e. The van der Waals surface area contributed by atoms with Gasteiger partial charge in [0.2, 0.25) is 5.91 Å². The van der Waals surface area contributed by atoms with Crippen LogP contribution in [0.3, 0.4) is 0 Å². The fraction of sp³-hybridized carbons (Fsp3) is 0.844. The molecule has 212 valence electrons. The third-order valence-electron chi connectivity index (χ3n) is 6.93. The minimum atomic E-state index is -0.836. The molecule has 4 nitrogen and oxygen atoms in total. The lowest BCUT2D eigenvalue weighted by Gasteiger charge is -2.20. The molecule has 0 aromatic heterocycles. The summed E-state index contributed by atoms with van der Waals surface area (Å²) in [6, 6.07) is -0.620. The Hall–Kier alpha value is -1.13. The zero-order valence-corrected chi connectivity index (χ0v) is 24.0. The third-order valence-corrected chi connectivity index (χ3v) is 6.93. The molecule has 0 aromatic rings. The van der Waals surface area contributed by atoms with Crippen LogP contribution in [0, 0.1) is 0 Å². The minimum Gasteiger partial charge on any atom is -0.394 e. The quantitative estimate of drug-likeness (QED) is 0.0770. The van der Waals surface area contributed by atoms with Crippen molar-refractivity contribution in [3.63, 3.8) is 0 Å². The lowest BCUT2D eigenvalue weighted by molar-refractivity contribution is -0.123. The summed E-state index contributed by atoms with van der Waals surface area (Å²) in [7, 11) is 0. The Kier molecular flexibility index (Phi) is 27.5. The van der Waals surface area contributed by atoms with Crippen LogP contribution in [0.5, 0.6) is 0 Å². The van der Waals surface area contributed by atoms with Crippen molar-refractivity contribution >= 4 is 5.91 Å². The number of rotatable bonds is 27. The Labute approximate surface area is 224 Å². The van der Waals surface area contributed by atoms with Gasteiger partial charge >= 0.3 is 0 Å².